The average molecular weight is 379 g/mol. The molecule has 9 heteroatoms. The molecule has 1 aliphatic heterocycles. The van der Waals surface area contributed by atoms with Gasteiger partial charge in [0.15, 0.2) is 10.7 Å². The first-order chi connectivity index (χ1) is 12.3. The van der Waals surface area contributed by atoms with Crippen molar-refractivity contribution in [2.24, 2.45) is 0 Å². The number of anilines is 1. The predicted octanol–water partition coefficient (Wildman–Crippen LogP) is 4.22. The molecule has 1 aliphatic rings. The third-order valence-electron chi connectivity index (χ3n) is 4.04. The molecule has 1 aromatic carbocycles. The van der Waals surface area contributed by atoms with Crippen molar-refractivity contribution in [2.45, 2.75) is 13.1 Å². The molecule has 1 N–H and O–H groups in total. The molecule has 5 nitrogen and oxygen atoms in total. The summed E-state index contributed by atoms with van der Waals surface area (Å²) in [5.74, 6) is 0.0373. The number of benzene rings is 1. The van der Waals surface area contributed by atoms with Gasteiger partial charge in [-0.2, -0.15) is 13.2 Å². The number of fused-ring (bicyclic) bond motifs is 2. The maximum atomic E-state index is 13.4. The van der Waals surface area contributed by atoms with E-state index in [0.717, 1.165) is 16.2 Å². The number of aromatic nitrogens is 2. The standard InChI is InChI=1S/C17H12F3N3O2S/c1-8-7-23-13(14(17(18,19)20)22-16(23)26-8)6-11-10-5-9(25-2)3-4-12(10)21-15(11)24/h3-7H,1-2H3,(H,21,24)/b11-6+. The Labute approximate surface area is 149 Å². The van der Waals surface area contributed by atoms with E-state index in [1.165, 1.54) is 17.6 Å². The van der Waals surface area contributed by atoms with E-state index in [1.54, 1.807) is 31.3 Å². The smallest absolute Gasteiger partial charge is 0.435 e. The van der Waals surface area contributed by atoms with Crippen LogP contribution in [0.25, 0.3) is 16.6 Å². The number of aryl methyl sites for hydroxylation is 1. The van der Waals surface area contributed by atoms with Crippen molar-refractivity contribution in [3.05, 3.63) is 46.2 Å². The largest absolute Gasteiger partial charge is 0.497 e. The first-order valence-electron chi connectivity index (χ1n) is 7.55. The predicted molar refractivity (Wildman–Crippen MR) is 92.3 cm³/mol. The minimum Gasteiger partial charge on any atom is -0.497 e. The van der Waals surface area contributed by atoms with Crippen LogP contribution in [0.2, 0.25) is 0 Å². The molecule has 0 bridgehead atoms. The van der Waals surface area contributed by atoms with Gasteiger partial charge in [0.1, 0.15) is 5.75 Å². The Morgan fingerprint density at radius 1 is 1.35 bits per heavy atom. The van der Waals surface area contributed by atoms with Crippen molar-refractivity contribution in [1.82, 2.24) is 9.38 Å². The van der Waals surface area contributed by atoms with Gasteiger partial charge in [0.2, 0.25) is 0 Å². The van der Waals surface area contributed by atoms with Gasteiger partial charge in [-0.1, -0.05) is 0 Å². The number of thiazole rings is 1. The highest BCUT2D eigenvalue weighted by Gasteiger charge is 2.38. The maximum Gasteiger partial charge on any atom is 0.435 e. The Bertz CT molecular complexity index is 1080. The molecule has 0 aliphatic carbocycles. The monoisotopic (exact) mass is 379 g/mol. The number of amides is 1. The van der Waals surface area contributed by atoms with Crippen LogP contribution in [-0.2, 0) is 11.0 Å². The number of rotatable bonds is 2. The topological polar surface area (TPSA) is 55.6 Å². The summed E-state index contributed by atoms with van der Waals surface area (Å²) in [5, 5.41) is 2.65. The summed E-state index contributed by atoms with van der Waals surface area (Å²) in [6.07, 6.45) is -1.82. The number of hydrogen-bond acceptors (Lipinski definition) is 4. The van der Waals surface area contributed by atoms with Gasteiger partial charge in [-0.3, -0.25) is 9.20 Å². The van der Waals surface area contributed by atoms with Gasteiger partial charge < -0.3 is 10.1 Å². The number of carbonyl (C=O) groups is 1. The van der Waals surface area contributed by atoms with E-state index >= 15 is 0 Å². The van der Waals surface area contributed by atoms with Crippen LogP contribution in [0, 0.1) is 6.92 Å². The van der Waals surface area contributed by atoms with E-state index in [4.69, 9.17) is 4.74 Å². The van der Waals surface area contributed by atoms with Crippen molar-refractivity contribution < 1.29 is 22.7 Å². The number of hydrogen-bond donors (Lipinski definition) is 1. The molecular formula is C17H12F3N3O2S. The number of ether oxygens (including phenoxy) is 1. The molecule has 3 heterocycles. The third-order valence-corrected chi connectivity index (χ3v) is 4.94. The molecule has 3 aromatic rings. The number of imidazole rings is 1. The van der Waals surface area contributed by atoms with Crippen molar-refractivity contribution >= 4 is 39.5 Å². The number of alkyl halides is 3. The Balaban J connectivity index is 1.96. The van der Waals surface area contributed by atoms with E-state index in [2.05, 4.69) is 10.3 Å². The second-order valence-corrected chi connectivity index (χ2v) is 6.97. The zero-order valence-corrected chi connectivity index (χ0v) is 14.5. The zero-order chi connectivity index (χ0) is 18.6. The van der Waals surface area contributed by atoms with Crippen LogP contribution in [0.3, 0.4) is 0 Å². The van der Waals surface area contributed by atoms with E-state index in [0.29, 0.717) is 17.0 Å². The quantitative estimate of drug-likeness (QED) is 0.678. The summed E-state index contributed by atoms with van der Waals surface area (Å²) in [6.45, 7) is 1.78. The van der Waals surface area contributed by atoms with Crippen LogP contribution < -0.4 is 10.1 Å². The van der Waals surface area contributed by atoms with Crippen LogP contribution in [0.5, 0.6) is 5.75 Å². The van der Waals surface area contributed by atoms with Gasteiger partial charge in [-0.05, 0) is 31.2 Å². The highest BCUT2D eigenvalue weighted by atomic mass is 32.1. The van der Waals surface area contributed by atoms with Crippen LogP contribution in [0.1, 0.15) is 21.8 Å². The van der Waals surface area contributed by atoms with Crippen molar-refractivity contribution in [2.75, 3.05) is 12.4 Å². The van der Waals surface area contributed by atoms with Crippen LogP contribution in [0.15, 0.2) is 24.4 Å². The molecule has 0 saturated carbocycles. The average Bonchev–Trinajstić information content (AvgIpc) is 3.18. The molecule has 0 fully saturated rings. The van der Waals surface area contributed by atoms with Crippen LogP contribution in [0.4, 0.5) is 18.9 Å². The van der Waals surface area contributed by atoms with Crippen molar-refractivity contribution in [3.8, 4) is 5.75 Å². The molecule has 0 spiro atoms. The van der Waals surface area contributed by atoms with E-state index in [1.807, 2.05) is 0 Å². The number of carbonyl (C=O) groups excluding carboxylic acids is 1. The Morgan fingerprint density at radius 3 is 2.81 bits per heavy atom. The molecule has 134 valence electrons. The molecule has 2 aromatic heterocycles. The summed E-state index contributed by atoms with van der Waals surface area (Å²) in [5.41, 5.74) is -0.0321. The van der Waals surface area contributed by atoms with Crippen molar-refractivity contribution in [3.63, 3.8) is 0 Å². The highest BCUT2D eigenvalue weighted by Crippen LogP contribution is 2.39. The Morgan fingerprint density at radius 2 is 2.12 bits per heavy atom. The lowest BCUT2D eigenvalue weighted by Gasteiger charge is -2.06. The molecule has 1 amide bonds. The minimum absolute atomic E-state index is 0.134. The number of nitrogens with zero attached hydrogens (tertiary/aromatic N) is 2. The molecule has 0 saturated heterocycles. The van der Waals surface area contributed by atoms with Gasteiger partial charge in [0.25, 0.3) is 5.91 Å². The lowest BCUT2D eigenvalue weighted by Crippen LogP contribution is -2.09. The fourth-order valence-electron chi connectivity index (χ4n) is 2.89. The second-order valence-electron chi connectivity index (χ2n) is 5.76. The molecule has 0 unspecified atom stereocenters. The van der Waals surface area contributed by atoms with Crippen molar-refractivity contribution in [1.29, 1.82) is 0 Å². The first-order valence-corrected chi connectivity index (χ1v) is 8.36. The normalized spacial score (nSPS) is 15.6. The summed E-state index contributed by atoms with van der Waals surface area (Å²) >= 11 is 1.16. The second kappa shape index (κ2) is 5.60. The van der Waals surface area contributed by atoms with E-state index in [9.17, 15) is 18.0 Å². The number of nitrogens with one attached hydrogen (secondary N) is 1. The first kappa shape index (κ1) is 16.6. The summed E-state index contributed by atoms with van der Waals surface area (Å²) in [7, 11) is 1.48. The summed E-state index contributed by atoms with van der Waals surface area (Å²) < 4.78 is 46.8. The lowest BCUT2D eigenvalue weighted by molar-refractivity contribution is -0.141. The maximum absolute atomic E-state index is 13.4. The zero-order valence-electron chi connectivity index (χ0n) is 13.6. The molecule has 0 radical (unpaired) electrons. The molecule has 26 heavy (non-hydrogen) atoms. The molecular weight excluding hydrogens is 367 g/mol. The third kappa shape index (κ3) is 2.55. The van der Waals surface area contributed by atoms with Gasteiger partial charge in [-0.25, -0.2) is 4.98 Å². The molecule has 0 atom stereocenters. The number of halogens is 3. The lowest BCUT2D eigenvalue weighted by atomic mass is 10.0. The summed E-state index contributed by atoms with van der Waals surface area (Å²) in [4.78, 5) is 17.1. The Hall–Kier alpha value is -2.81. The van der Waals surface area contributed by atoms with E-state index in [-0.39, 0.29) is 16.2 Å². The van der Waals surface area contributed by atoms with Crippen LogP contribution >= 0.6 is 11.3 Å². The SMILES string of the molecule is COc1ccc2c(c1)/C(=C\c1c(C(F)(F)F)nc3sc(C)cn13)C(=O)N2. The van der Waals surface area contributed by atoms with Gasteiger partial charge in [0, 0.05) is 22.3 Å². The van der Waals surface area contributed by atoms with Crippen LogP contribution in [-0.4, -0.2) is 22.4 Å². The fourth-order valence-corrected chi connectivity index (χ4v) is 3.73. The fraction of sp³-hybridized carbons (Fsp3) is 0.176. The van der Waals surface area contributed by atoms with E-state index < -0.39 is 17.8 Å². The molecule has 4 rings (SSSR count). The Kier molecular flexibility index (Phi) is 3.58. The minimum atomic E-state index is -4.63. The van der Waals surface area contributed by atoms with Gasteiger partial charge in [0.05, 0.1) is 18.4 Å². The highest BCUT2D eigenvalue weighted by molar-refractivity contribution is 7.17. The number of methoxy groups -OCH3 is 1. The summed E-state index contributed by atoms with van der Waals surface area (Å²) in [6, 6.07) is 4.93. The van der Waals surface area contributed by atoms with Gasteiger partial charge >= 0.3 is 6.18 Å². The van der Waals surface area contributed by atoms with Gasteiger partial charge in [-0.15, -0.1) is 11.3 Å².